The molecule has 144 valence electrons. The van der Waals surface area contributed by atoms with Gasteiger partial charge in [-0.05, 0) is 57.6 Å². The quantitative estimate of drug-likeness (QED) is 0.837. The van der Waals surface area contributed by atoms with E-state index in [1.807, 2.05) is 19.1 Å². The SMILES string of the molecule is Cc1ncccc1OC1CCC(NC(=O)[C@@H]2CCCN2S(C)(=O)=O)CC1. The molecule has 1 atom stereocenters. The van der Waals surface area contributed by atoms with Crippen LogP contribution in [0.5, 0.6) is 5.75 Å². The van der Waals surface area contributed by atoms with Gasteiger partial charge in [0.1, 0.15) is 11.8 Å². The van der Waals surface area contributed by atoms with Crippen molar-refractivity contribution in [3.05, 3.63) is 24.0 Å². The highest BCUT2D eigenvalue weighted by Crippen LogP contribution is 2.26. The zero-order valence-corrected chi connectivity index (χ0v) is 16.2. The van der Waals surface area contributed by atoms with E-state index in [9.17, 15) is 13.2 Å². The molecule has 1 saturated heterocycles. The third-order valence-corrected chi connectivity index (χ3v) is 6.49. The number of ether oxygens (including phenoxy) is 1. The van der Waals surface area contributed by atoms with E-state index in [4.69, 9.17) is 4.74 Å². The molecule has 0 spiro atoms. The maximum absolute atomic E-state index is 12.5. The van der Waals surface area contributed by atoms with Crippen LogP contribution < -0.4 is 10.1 Å². The van der Waals surface area contributed by atoms with Gasteiger partial charge < -0.3 is 10.1 Å². The van der Waals surface area contributed by atoms with Crippen molar-refractivity contribution >= 4 is 15.9 Å². The molecule has 1 aliphatic heterocycles. The summed E-state index contributed by atoms with van der Waals surface area (Å²) < 4.78 is 31.0. The Bertz CT molecular complexity index is 745. The minimum atomic E-state index is -3.34. The number of aromatic nitrogens is 1. The van der Waals surface area contributed by atoms with Crippen LogP contribution in [0, 0.1) is 6.92 Å². The number of rotatable bonds is 5. The molecule has 7 nitrogen and oxygen atoms in total. The van der Waals surface area contributed by atoms with Crippen molar-refractivity contribution in [3.63, 3.8) is 0 Å². The van der Waals surface area contributed by atoms with Gasteiger partial charge in [-0.25, -0.2) is 8.42 Å². The predicted molar refractivity (Wildman–Crippen MR) is 98.4 cm³/mol. The summed E-state index contributed by atoms with van der Waals surface area (Å²) in [6.07, 6.45) is 7.76. The van der Waals surface area contributed by atoms with Gasteiger partial charge in [-0.15, -0.1) is 0 Å². The number of amides is 1. The van der Waals surface area contributed by atoms with Gasteiger partial charge in [-0.3, -0.25) is 9.78 Å². The summed E-state index contributed by atoms with van der Waals surface area (Å²) in [6.45, 7) is 2.36. The smallest absolute Gasteiger partial charge is 0.238 e. The minimum Gasteiger partial charge on any atom is -0.489 e. The van der Waals surface area contributed by atoms with Crippen LogP contribution in [0.3, 0.4) is 0 Å². The number of nitrogens with zero attached hydrogens (tertiary/aromatic N) is 2. The molecule has 2 aliphatic rings. The molecule has 0 aromatic carbocycles. The van der Waals surface area contributed by atoms with E-state index in [1.54, 1.807) is 6.20 Å². The monoisotopic (exact) mass is 381 g/mol. The van der Waals surface area contributed by atoms with Gasteiger partial charge in [0.05, 0.1) is 18.1 Å². The minimum absolute atomic E-state index is 0.0827. The second-order valence-corrected chi connectivity index (χ2v) is 9.15. The largest absolute Gasteiger partial charge is 0.489 e. The fraction of sp³-hybridized carbons (Fsp3) is 0.667. The molecule has 0 unspecified atom stereocenters. The van der Waals surface area contributed by atoms with Crippen molar-refractivity contribution < 1.29 is 17.9 Å². The zero-order valence-electron chi connectivity index (χ0n) is 15.3. The topological polar surface area (TPSA) is 88.6 Å². The summed E-state index contributed by atoms with van der Waals surface area (Å²) in [7, 11) is -3.34. The summed E-state index contributed by atoms with van der Waals surface area (Å²) in [5, 5.41) is 3.05. The van der Waals surface area contributed by atoms with Gasteiger partial charge in [0.25, 0.3) is 0 Å². The Morgan fingerprint density at radius 2 is 2.00 bits per heavy atom. The Hall–Kier alpha value is -1.67. The van der Waals surface area contributed by atoms with E-state index in [1.165, 1.54) is 10.6 Å². The number of carbonyl (C=O) groups excluding carboxylic acids is 1. The Labute approximate surface area is 155 Å². The third kappa shape index (κ3) is 4.54. The molecule has 2 heterocycles. The lowest BCUT2D eigenvalue weighted by atomic mass is 9.92. The average Bonchev–Trinajstić information content (AvgIpc) is 3.09. The fourth-order valence-electron chi connectivity index (χ4n) is 3.80. The van der Waals surface area contributed by atoms with Crippen molar-refractivity contribution in [3.8, 4) is 5.75 Å². The lowest BCUT2D eigenvalue weighted by Crippen LogP contribution is -2.49. The maximum atomic E-state index is 12.5. The predicted octanol–water partition coefficient (Wildman–Crippen LogP) is 1.62. The van der Waals surface area contributed by atoms with Gasteiger partial charge in [-0.1, -0.05) is 0 Å². The Morgan fingerprint density at radius 3 is 2.65 bits per heavy atom. The third-order valence-electron chi connectivity index (χ3n) is 5.20. The normalized spacial score (nSPS) is 27.2. The molecule has 1 N–H and O–H groups in total. The molecule has 1 amide bonds. The van der Waals surface area contributed by atoms with Crippen molar-refractivity contribution in [1.29, 1.82) is 0 Å². The molecule has 0 bridgehead atoms. The number of hydrogen-bond acceptors (Lipinski definition) is 5. The molecular formula is C18H27N3O4S. The first kappa shape index (κ1) is 19.1. The van der Waals surface area contributed by atoms with Crippen molar-refractivity contribution in [2.75, 3.05) is 12.8 Å². The van der Waals surface area contributed by atoms with Crippen LogP contribution in [-0.4, -0.2) is 54.6 Å². The van der Waals surface area contributed by atoms with E-state index in [2.05, 4.69) is 10.3 Å². The maximum Gasteiger partial charge on any atom is 0.238 e. The lowest BCUT2D eigenvalue weighted by molar-refractivity contribution is -0.125. The Kier molecular flexibility index (Phi) is 5.82. The summed E-state index contributed by atoms with van der Waals surface area (Å²) in [6, 6.07) is 3.32. The molecular weight excluding hydrogens is 354 g/mol. The van der Waals surface area contributed by atoms with Gasteiger partial charge in [0, 0.05) is 18.8 Å². The number of hydrogen-bond donors (Lipinski definition) is 1. The van der Waals surface area contributed by atoms with Gasteiger partial charge in [0.2, 0.25) is 15.9 Å². The number of pyridine rings is 1. The molecule has 26 heavy (non-hydrogen) atoms. The lowest BCUT2D eigenvalue weighted by Gasteiger charge is -2.31. The number of aryl methyl sites for hydroxylation is 1. The molecule has 1 aliphatic carbocycles. The van der Waals surface area contributed by atoms with Gasteiger partial charge in [-0.2, -0.15) is 4.31 Å². The summed E-state index contributed by atoms with van der Waals surface area (Å²) in [4.78, 5) is 16.8. The van der Waals surface area contributed by atoms with Crippen LogP contribution in [-0.2, 0) is 14.8 Å². The summed E-state index contributed by atoms with van der Waals surface area (Å²) in [5.74, 6) is 0.648. The second kappa shape index (κ2) is 7.92. The standard InChI is InChI=1S/C18H27N3O4S/c1-13-17(6-3-11-19-13)25-15-9-7-14(8-10-15)20-18(22)16-5-4-12-21(16)26(2,23)24/h3,6,11,14-16H,4-5,7-10,12H2,1-2H3,(H,20,22)/t14?,15?,16-/m0/s1. The molecule has 1 aromatic heterocycles. The molecule has 3 rings (SSSR count). The molecule has 8 heteroatoms. The first-order valence-corrected chi connectivity index (χ1v) is 11.0. The molecule has 2 fully saturated rings. The average molecular weight is 381 g/mol. The summed E-state index contributed by atoms with van der Waals surface area (Å²) >= 11 is 0. The van der Waals surface area contributed by atoms with E-state index < -0.39 is 16.1 Å². The highest BCUT2D eigenvalue weighted by molar-refractivity contribution is 7.88. The van der Waals surface area contributed by atoms with Crippen molar-refractivity contribution in [2.45, 2.75) is 63.6 Å². The van der Waals surface area contributed by atoms with E-state index in [0.717, 1.165) is 43.5 Å². The molecule has 0 radical (unpaired) electrons. The summed E-state index contributed by atoms with van der Waals surface area (Å²) in [5.41, 5.74) is 0.880. The highest BCUT2D eigenvalue weighted by Gasteiger charge is 2.37. The zero-order chi connectivity index (χ0) is 18.7. The Balaban J connectivity index is 1.49. The second-order valence-electron chi connectivity index (χ2n) is 7.22. The van der Waals surface area contributed by atoms with E-state index in [-0.39, 0.29) is 18.1 Å². The van der Waals surface area contributed by atoms with E-state index >= 15 is 0 Å². The van der Waals surface area contributed by atoms with Crippen molar-refractivity contribution in [1.82, 2.24) is 14.6 Å². The van der Waals surface area contributed by atoms with Crippen LogP contribution in [0.15, 0.2) is 18.3 Å². The van der Waals surface area contributed by atoms with E-state index in [0.29, 0.717) is 13.0 Å². The number of nitrogens with one attached hydrogen (secondary N) is 1. The van der Waals surface area contributed by atoms with Crippen LogP contribution in [0.1, 0.15) is 44.2 Å². The molecule has 1 saturated carbocycles. The van der Waals surface area contributed by atoms with Crippen LogP contribution in [0.25, 0.3) is 0 Å². The first-order chi connectivity index (χ1) is 12.3. The van der Waals surface area contributed by atoms with Crippen LogP contribution >= 0.6 is 0 Å². The van der Waals surface area contributed by atoms with Crippen LogP contribution in [0.4, 0.5) is 0 Å². The fourth-order valence-corrected chi connectivity index (χ4v) is 4.92. The molecule has 1 aromatic rings. The number of sulfonamides is 1. The first-order valence-electron chi connectivity index (χ1n) is 9.20. The highest BCUT2D eigenvalue weighted by atomic mass is 32.2. The Morgan fingerprint density at radius 1 is 1.27 bits per heavy atom. The van der Waals surface area contributed by atoms with Gasteiger partial charge >= 0.3 is 0 Å². The van der Waals surface area contributed by atoms with Crippen molar-refractivity contribution in [2.24, 2.45) is 0 Å². The number of carbonyl (C=O) groups is 1. The van der Waals surface area contributed by atoms with Crippen LogP contribution in [0.2, 0.25) is 0 Å². The van der Waals surface area contributed by atoms with Gasteiger partial charge in [0.15, 0.2) is 0 Å².